The summed E-state index contributed by atoms with van der Waals surface area (Å²) in [5, 5.41) is 3.56. The smallest absolute Gasteiger partial charge is 0.0920 e. The lowest BCUT2D eigenvalue weighted by Crippen LogP contribution is -2.44. The van der Waals surface area contributed by atoms with Gasteiger partial charge in [-0.05, 0) is 51.3 Å². The number of rotatable bonds is 3. The number of hydrogen-bond donors (Lipinski definition) is 1. The molecule has 100 valence electrons. The molecular formula is C16H25NO. The Labute approximate surface area is 111 Å². The predicted molar refractivity (Wildman–Crippen MR) is 75.9 cm³/mol. The van der Waals surface area contributed by atoms with Crippen molar-refractivity contribution in [2.75, 3.05) is 13.2 Å². The number of hydrogen-bond acceptors (Lipinski definition) is 2. The van der Waals surface area contributed by atoms with Gasteiger partial charge in [-0.3, -0.25) is 0 Å². The molecule has 0 amide bonds. The Kier molecular flexibility index (Phi) is 4.08. The summed E-state index contributed by atoms with van der Waals surface area (Å²) in [6.45, 7) is 10.6. The largest absolute Gasteiger partial charge is 0.370 e. The summed E-state index contributed by atoms with van der Waals surface area (Å²) < 4.78 is 6.12. The van der Waals surface area contributed by atoms with Crippen LogP contribution in [0.3, 0.4) is 0 Å². The van der Waals surface area contributed by atoms with Crippen molar-refractivity contribution in [3.63, 3.8) is 0 Å². The summed E-state index contributed by atoms with van der Waals surface area (Å²) in [5.41, 5.74) is 3.86. The number of benzene rings is 1. The van der Waals surface area contributed by atoms with Gasteiger partial charge in [0.1, 0.15) is 0 Å². The summed E-state index contributed by atoms with van der Waals surface area (Å²) in [6, 6.07) is 7.24. The maximum Gasteiger partial charge on any atom is 0.0920 e. The predicted octanol–water partition coefficient (Wildman–Crippen LogP) is 3.31. The fourth-order valence-corrected chi connectivity index (χ4v) is 3.01. The molecule has 1 aliphatic rings. The Morgan fingerprint density at radius 1 is 1.39 bits per heavy atom. The number of nitrogens with one attached hydrogen (secondary N) is 1. The van der Waals surface area contributed by atoms with Crippen LogP contribution < -0.4 is 5.32 Å². The molecule has 2 unspecified atom stereocenters. The van der Waals surface area contributed by atoms with Crippen LogP contribution >= 0.6 is 0 Å². The number of ether oxygens (including phenoxy) is 1. The monoisotopic (exact) mass is 247 g/mol. The molecule has 1 aliphatic heterocycles. The Morgan fingerprint density at radius 3 is 2.89 bits per heavy atom. The van der Waals surface area contributed by atoms with E-state index in [-0.39, 0.29) is 5.60 Å². The molecule has 1 N–H and O–H groups in total. The van der Waals surface area contributed by atoms with E-state index in [0.29, 0.717) is 6.04 Å². The van der Waals surface area contributed by atoms with Crippen LogP contribution in [-0.4, -0.2) is 19.2 Å². The second-order valence-electron chi connectivity index (χ2n) is 5.65. The summed E-state index contributed by atoms with van der Waals surface area (Å²) in [5.74, 6) is 0. The molecule has 0 aliphatic carbocycles. The van der Waals surface area contributed by atoms with Crippen LogP contribution in [-0.2, 0) is 10.3 Å². The lowest BCUT2D eigenvalue weighted by atomic mass is 9.83. The van der Waals surface area contributed by atoms with Crippen molar-refractivity contribution in [2.24, 2.45) is 0 Å². The van der Waals surface area contributed by atoms with E-state index in [1.54, 1.807) is 0 Å². The Morgan fingerprint density at radius 2 is 2.17 bits per heavy atom. The minimum Gasteiger partial charge on any atom is -0.370 e. The van der Waals surface area contributed by atoms with Gasteiger partial charge < -0.3 is 10.1 Å². The Balaban J connectivity index is 2.26. The minimum absolute atomic E-state index is 0.138. The van der Waals surface area contributed by atoms with Gasteiger partial charge in [0, 0.05) is 12.6 Å². The Bertz CT molecular complexity index is 414. The van der Waals surface area contributed by atoms with Gasteiger partial charge >= 0.3 is 0 Å². The fourth-order valence-electron chi connectivity index (χ4n) is 3.01. The van der Waals surface area contributed by atoms with E-state index in [4.69, 9.17) is 4.74 Å². The van der Waals surface area contributed by atoms with E-state index in [2.05, 4.69) is 51.2 Å². The summed E-state index contributed by atoms with van der Waals surface area (Å²) in [6.07, 6.45) is 2.18. The fraction of sp³-hybridized carbons (Fsp3) is 0.625. The molecular weight excluding hydrogens is 222 g/mol. The molecule has 1 aromatic rings. The van der Waals surface area contributed by atoms with Gasteiger partial charge in [-0.15, -0.1) is 0 Å². The average Bonchev–Trinajstić information content (AvgIpc) is 2.33. The van der Waals surface area contributed by atoms with Crippen molar-refractivity contribution < 1.29 is 4.74 Å². The molecule has 0 bridgehead atoms. The molecule has 1 aromatic carbocycles. The van der Waals surface area contributed by atoms with Gasteiger partial charge in [0.25, 0.3) is 0 Å². The molecule has 0 radical (unpaired) electrons. The first-order chi connectivity index (χ1) is 8.55. The second-order valence-corrected chi connectivity index (χ2v) is 5.65. The summed E-state index contributed by atoms with van der Waals surface area (Å²) >= 11 is 0. The second kappa shape index (κ2) is 5.41. The molecule has 2 nitrogen and oxygen atoms in total. The molecule has 2 rings (SSSR count). The van der Waals surface area contributed by atoms with Crippen LogP contribution in [0.5, 0.6) is 0 Å². The minimum atomic E-state index is -0.138. The van der Waals surface area contributed by atoms with E-state index >= 15 is 0 Å². The van der Waals surface area contributed by atoms with Gasteiger partial charge in [0.15, 0.2) is 0 Å². The first-order valence-corrected chi connectivity index (χ1v) is 7.00. The van der Waals surface area contributed by atoms with Gasteiger partial charge in [-0.2, -0.15) is 0 Å². The zero-order valence-corrected chi connectivity index (χ0v) is 12.0. The molecule has 0 spiro atoms. The highest BCUT2D eigenvalue weighted by Gasteiger charge is 2.35. The summed E-state index contributed by atoms with van der Waals surface area (Å²) in [7, 11) is 0. The first kappa shape index (κ1) is 13.6. The zero-order chi connectivity index (χ0) is 13.2. The molecule has 1 heterocycles. The van der Waals surface area contributed by atoms with Crippen molar-refractivity contribution >= 4 is 0 Å². The third kappa shape index (κ3) is 2.76. The van der Waals surface area contributed by atoms with Crippen molar-refractivity contribution in [2.45, 2.75) is 52.2 Å². The van der Waals surface area contributed by atoms with Gasteiger partial charge in [-0.1, -0.05) is 30.7 Å². The third-order valence-electron chi connectivity index (χ3n) is 3.98. The van der Waals surface area contributed by atoms with Crippen LogP contribution in [0.15, 0.2) is 18.2 Å². The van der Waals surface area contributed by atoms with E-state index in [1.165, 1.54) is 16.7 Å². The first-order valence-electron chi connectivity index (χ1n) is 7.00. The van der Waals surface area contributed by atoms with E-state index < -0.39 is 0 Å². The van der Waals surface area contributed by atoms with Crippen LogP contribution in [0.25, 0.3) is 0 Å². The van der Waals surface area contributed by atoms with E-state index in [1.807, 2.05) is 0 Å². The Hall–Kier alpha value is -0.860. The lowest BCUT2D eigenvalue weighted by Gasteiger charge is -2.40. The van der Waals surface area contributed by atoms with Crippen LogP contribution in [0.4, 0.5) is 0 Å². The molecule has 1 fully saturated rings. The van der Waals surface area contributed by atoms with E-state index in [0.717, 1.165) is 26.0 Å². The normalized spacial score (nSPS) is 28.3. The zero-order valence-electron chi connectivity index (χ0n) is 12.0. The molecule has 2 atom stereocenters. The van der Waals surface area contributed by atoms with Gasteiger partial charge in [0.05, 0.1) is 5.60 Å². The quantitative estimate of drug-likeness (QED) is 0.885. The third-order valence-corrected chi connectivity index (χ3v) is 3.98. The van der Waals surface area contributed by atoms with Crippen molar-refractivity contribution in [3.8, 4) is 0 Å². The van der Waals surface area contributed by atoms with Crippen molar-refractivity contribution in [1.29, 1.82) is 0 Å². The van der Waals surface area contributed by atoms with Crippen LogP contribution in [0, 0.1) is 13.8 Å². The standard InChI is InChI=1S/C16H25NO/c1-5-17-14-8-9-18-16(4,11-14)15-10-12(2)6-7-13(15)3/h6-7,10,14,17H,5,8-9,11H2,1-4H3. The van der Waals surface area contributed by atoms with Crippen LogP contribution in [0.1, 0.15) is 43.4 Å². The van der Waals surface area contributed by atoms with Crippen molar-refractivity contribution in [1.82, 2.24) is 5.32 Å². The molecule has 0 aromatic heterocycles. The molecule has 1 saturated heterocycles. The number of aryl methyl sites for hydroxylation is 2. The molecule has 0 saturated carbocycles. The topological polar surface area (TPSA) is 21.3 Å². The van der Waals surface area contributed by atoms with Gasteiger partial charge in [0.2, 0.25) is 0 Å². The highest BCUT2D eigenvalue weighted by Crippen LogP contribution is 2.36. The average molecular weight is 247 g/mol. The molecule has 2 heteroatoms. The molecule has 18 heavy (non-hydrogen) atoms. The maximum atomic E-state index is 6.12. The van der Waals surface area contributed by atoms with Crippen molar-refractivity contribution in [3.05, 3.63) is 34.9 Å². The van der Waals surface area contributed by atoms with Crippen LogP contribution in [0.2, 0.25) is 0 Å². The highest BCUT2D eigenvalue weighted by atomic mass is 16.5. The lowest BCUT2D eigenvalue weighted by molar-refractivity contribution is -0.0814. The van der Waals surface area contributed by atoms with Gasteiger partial charge in [-0.25, -0.2) is 0 Å². The summed E-state index contributed by atoms with van der Waals surface area (Å²) in [4.78, 5) is 0. The van der Waals surface area contributed by atoms with E-state index in [9.17, 15) is 0 Å². The maximum absolute atomic E-state index is 6.12. The highest BCUT2D eigenvalue weighted by molar-refractivity contribution is 5.35. The SMILES string of the molecule is CCNC1CCOC(C)(c2cc(C)ccc2C)C1.